The zero-order valence-electron chi connectivity index (χ0n) is 11.1. The number of nitrogens with one attached hydrogen (secondary N) is 1. The van der Waals surface area contributed by atoms with Gasteiger partial charge in [-0.2, -0.15) is 0 Å². The molecule has 1 aromatic carbocycles. The molecule has 104 valence electrons. The molecule has 3 nitrogen and oxygen atoms in total. The second-order valence-electron chi connectivity index (χ2n) is 5.24. The van der Waals surface area contributed by atoms with Gasteiger partial charge in [-0.3, -0.25) is 4.79 Å². The second kappa shape index (κ2) is 5.55. The van der Waals surface area contributed by atoms with Crippen molar-refractivity contribution in [1.29, 1.82) is 0 Å². The van der Waals surface area contributed by atoms with Gasteiger partial charge in [0.15, 0.2) is 0 Å². The Kier molecular flexibility index (Phi) is 4.02. The molecule has 1 aromatic rings. The van der Waals surface area contributed by atoms with Crippen molar-refractivity contribution in [2.24, 2.45) is 5.92 Å². The molecule has 1 saturated heterocycles. The maximum absolute atomic E-state index is 13.8. The fraction of sp³-hybridized carbons (Fsp3) is 0.500. The normalized spacial score (nSPS) is 23.3. The summed E-state index contributed by atoms with van der Waals surface area (Å²) < 4.78 is 27.0. The maximum atomic E-state index is 13.8. The predicted molar refractivity (Wildman–Crippen MR) is 70.0 cm³/mol. The Morgan fingerprint density at radius 2 is 2.11 bits per heavy atom. The van der Waals surface area contributed by atoms with E-state index in [0.29, 0.717) is 19.0 Å². The van der Waals surface area contributed by atoms with E-state index >= 15 is 0 Å². The van der Waals surface area contributed by atoms with E-state index in [1.165, 1.54) is 13.0 Å². The lowest BCUT2D eigenvalue weighted by Crippen LogP contribution is -2.50. The highest BCUT2D eigenvalue weighted by Crippen LogP contribution is 2.26. The van der Waals surface area contributed by atoms with Gasteiger partial charge in [-0.1, -0.05) is 6.92 Å². The number of benzene rings is 1. The van der Waals surface area contributed by atoms with E-state index in [0.717, 1.165) is 18.6 Å². The summed E-state index contributed by atoms with van der Waals surface area (Å²) in [6, 6.07) is 3.43. The van der Waals surface area contributed by atoms with E-state index < -0.39 is 11.6 Å². The van der Waals surface area contributed by atoms with E-state index in [2.05, 4.69) is 5.32 Å². The Hall–Kier alpha value is -1.65. The number of hydrogen-bond acceptors (Lipinski definition) is 2. The number of hydrogen-bond donors (Lipinski definition) is 1. The quantitative estimate of drug-likeness (QED) is 0.892. The van der Waals surface area contributed by atoms with Crippen LogP contribution in [0.5, 0.6) is 0 Å². The summed E-state index contributed by atoms with van der Waals surface area (Å²) in [6.07, 6.45) is 0.854. The van der Waals surface area contributed by atoms with Crippen LogP contribution in [0.15, 0.2) is 18.2 Å². The molecule has 1 aliphatic heterocycles. The van der Waals surface area contributed by atoms with E-state index in [1.54, 1.807) is 4.90 Å². The number of rotatable bonds is 2. The van der Waals surface area contributed by atoms with Crippen LogP contribution in [0.25, 0.3) is 0 Å². The van der Waals surface area contributed by atoms with Crippen LogP contribution >= 0.6 is 0 Å². The van der Waals surface area contributed by atoms with Crippen LogP contribution in [0.4, 0.5) is 14.5 Å². The van der Waals surface area contributed by atoms with Gasteiger partial charge in [0, 0.05) is 32.1 Å². The van der Waals surface area contributed by atoms with Crippen molar-refractivity contribution in [3.05, 3.63) is 29.8 Å². The molecule has 2 unspecified atom stereocenters. The minimum absolute atomic E-state index is 0.0242. The Bertz CT molecular complexity index is 479. The van der Waals surface area contributed by atoms with Crippen molar-refractivity contribution in [3.8, 4) is 0 Å². The van der Waals surface area contributed by atoms with Gasteiger partial charge in [0.2, 0.25) is 5.91 Å². The third-order valence-corrected chi connectivity index (χ3v) is 3.32. The van der Waals surface area contributed by atoms with Crippen LogP contribution in [0.3, 0.4) is 0 Å². The van der Waals surface area contributed by atoms with Gasteiger partial charge in [-0.15, -0.1) is 0 Å². The molecule has 1 fully saturated rings. The van der Waals surface area contributed by atoms with Gasteiger partial charge < -0.3 is 10.2 Å². The maximum Gasteiger partial charge on any atom is 0.217 e. The third kappa shape index (κ3) is 3.43. The SMILES string of the molecule is CC(=O)NC1CC(C)CN(c2cc(F)ccc2F)C1. The Labute approximate surface area is 111 Å². The van der Waals surface area contributed by atoms with E-state index in [1.807, 2.05) is 6.92 Å². The standard InChI is InChI=1S/C14H18F2N2O/c1-9-5-12(17-10(2)19)8-18(7-9)14-6-11(15)3-4-13(14)16/h3-4,6,9,12H,5,7-8H2,1-2H3,(H,17,19). The lowest BCUT2D eigenvalue weighted by Gasteiger charge is -2.38. The number of amides is 1. The van der Waals surface area contributed by atoms with Gasteiger partial charge in [0.05, 0.1) is 5.69 Å². The summed E-state index contributed by atoms with van der Waals surface area (Å²) >= 11 is 0. The molecule has 0 bridgehead atoms. The van der Waals surface area contributed by atoms with Crippen molar-refractivity contribution < 1.29 is 13.6 Å². The van der Waals surface area contributed by atoms with Crippen LogP contribution in [-0.2, 0) is 4.79 Å². The molecule has 5 heteroatoms. The second-order valence-corrected chi connectivity index (χ2v) is 5.24. The van der Waals surface area contributed by atoms with Gasteiger partial charge in [-0.05, 0) is 24.5 Å². The van der Waals surface area contributed by atoms with Gasteiger partial charge >= 0.3 is 0 Å². The predicted octanol–water partition coefficient (Wildman–Crippen LogP) is 2.32. The first-order valence-corrected chi connectivity index (χ1v) is 6.43. The van der Waals surface area contributed by atoms with Crippen molar-refractivity contribution in [2.75, 3.05) is 18.0 Å². The Morgan fingerprint density at radius 1 is 1.37 bits per heavy atom. The first-order chi connectivity index (χ1) is 8.95. The van der Waals surface area contributed by atoms with E-state index in [4.69, 9.17) is 0 Å². The molecular formula is C14H18F2N2O. The van der Waals surface area contributed by atoms with Gasteiger partial charge in [0.1, 0.15) is 11.6 Å². The molecule has 2 rings (SSSR count). The van der Waals surface area contributed by atoms with Crippen molar-refractivity contribution in [1.82, 2.24) is 5.32 Å². The number of anilines is 1. The lowest BCUT2D eigenvalue weighted by atomic mass is 9.95. The molecule has 0 saturated carbocycles. The monoisotopic (exact) mass is 268 g/mol. The number of carbonyl (C=O) groups excluding carboxylic acids is 1. The molecule has 1 amide bonds. The fourth-order valence-corrected chi connectivity index (χ4v) is 2.67. The molecule has 0 radical (unpaired) electrons. The van der Waals surface area contributed by atoms with Crippen LogP contribution in [0, 0.1) is 17.6 Å². The smallest absolute Gasteiger partial charge is 0.217 e. The first kappa shape index (κ1) is 13.8. The minimum Gasteiger partial charge on any atom is -0.367 e. The summed E-state index contributed by atoms with van der Waals surface area (Å²) in [5.41, 5.74) is 0.266. The molecule has 0 aliphatic carbocycles. The molecule has 0 spiro atoms. The van der Waals surface area contributed by atoms with Gasteiger partial charge in [0.25, 0.3) is 0 Å². The number of piperidine rings is 1. The lowest BCUT2D eigenvalue weighted by molar-refractivity contribution is -0.119. The number of carbonyl (C=O) groups is 1. The van der Waals surface area contributed by atoms with Crippen LogP contribution in [0.2, 0.25) is 0 Å². The highest BCUT2D eigenvalue weighted by molar-refractivity contribution is 5.73. The summed E-state index contributed by atoms with van der Waals surface area (Å²) in [4.78, 5) is 12.9. The highest BCUT2D eigenvalue weighted by Gasteiger charge is 2.27. The average molecular weight is 268 g/mol. The van der Waals surface area contributed by atoms with E-state index in [9.17, 15) is 13.6 Å². The first-order valence-electron chi connectivity index (χ1n) is 6.43. The van der Waals surface area contributed by atoms with E-state index in [-0.39, 0.29) is 17.6 Å². The fourth-order valence-electron chi connectivity index (χ4n) is 2.67. The molecular weight excluding hydrogens is 250 g/mol. The van der Waals surface area contributed by atoms with Crippen molar-refractivity contribution in [3.63, 3.8) is 0 Å². The molecule has 19 heavy (non-hydrogen) atoms. The Balaban J connectivity index is 2.18. The van der Waals surface area contributed by atoms with Crippen molar-refractivity contribution in [2.45, 2.75) is 26.3 Å². The largest absolute Gasteiger partial charge is 0.367 e. The van der Waals surface area contributed by atoms with Crippen LogP contribution < -0.4 is 10.2 Å². The van der Waals surface area contributed by atoms with Crippen LogP contribution in [0.1, 0.15) is 20.3 Å². The molecule has 1 heterocycles. The highest BCUT2D eigenvalue weighted by atomic mass is 19.1. The average Bonchev–Trinajstić information content (AvgIpc) is 2.30. The van der Waals surface area contributed by atoms with Crippen molar-refractivity contribution >= 4 is 11.6 Å². The molecule has 1 aliphatic rings. The summed E-state index contributed by atoms with van der Waals surface area (Å²) in [5.74, 6) is -0.671. The number of halogens is 2. The van der Waals surface area contributed by atoms with Gasteiger partial charge in [-0.25, -0.2) is 8.78 Å². The number of nitrogens with zero attached hydrogens (tertiary/aromatic N) is 1. The topological polar surface area (TPSA) is 32.3 Å². The molecule has 2 atom stereocenters. The van der Waals surface area contributed by atoms with Crippen LogP contribution in [-0.4, -0.2) is 25.0 Å². The minimum atomic E-state index is -0.453. The zero-order valence-corrected chi connectivity index (χ0v) is 11.1. The zero-order chi connectivity index (χ0) is 14.0. The molecule has 0 aromatic heterocycles. The summed E-state index contributed by atoms with van der Waals surface area (Å²) in [6.45, 7) is 4.67. The third-order valence-electron chi connectivity index (χ3n) is 3.32. The Morgan fingerprint density at radius 3 is 2.79 bits per heavy atom. The summed E-state index contributed by atoms with van der Waals surface area (Å²) in [7, 11) is 0. The molecule has 1 N–H and O–H groups in total. The summed E-state index contributed by atoms with van der Waals surface area (Å²) in [5, 5.41) is 2.85.